The zero-order valence-corrected chi connectivity index (χ0v) is 17.7. The Morgan fingerprint density at radius 2 is 1.81 bits per heavy atom. The Labute approximate surface area is 164 Å². The molecule has 0 aliphatic heterocycles. The lowest BCUT2D eigenvalue weighted by Gasteiger charge is -2.18. The van der Waals surface area contributed by atoms with Gasteiger partial charge in [0, 0.05) is 24.6 Å². The van der Waals surface area contributed by atoms with E-state index in [1.807, 2.05) is 0 Å². The van der Waals surface area contributed by atoms with E-state index < -0.39 is 15.9 Å². The monoisotopic (exact) mass is 410 g/mol. The van der Waals surface area contributed by atoms with Gasteiger partial charge in [0.15, 0.2) is 0 Å². The van der Waals surface area contributed by atoms with E-state index in [9.17, 15) is 13.2 Å². The molecule has 0 saturated heterocycles. The number of sulfonamides is 1. The molecule has 0 unspecified atom stereocenters. The van der Waals surface area contributed by atoms with Crippen molar-refractivity contribution in [3.05, 3.63) is 34.8 Å². The average molecular weight is 411 g/mol. The first kappa shape index (κ1) is 21.5. The van der Waals surface area contributed by atoms with Crippen LogP contribution < -0.4 is 5.32 Å². The topological polar surface area (TPSA) is 92.3 Å². The van der Waals surface area contributed by atoms with Gasteiger partial charge in [-0.05, 0) is 31.0 Å². The van der Waals surface area contributed by atoms with Gasteiger partial charge in [0.1, 0.15) is 5.01 Å². The maximum atomic E-state index is 12.6. The van der Waals surface area contributed by atoms with Crippen molar-refractivity contribution in [3.63, 3.8) is 0 Å². The van der Waals surface area contributed by atoms with Gasteiger partial charge in [-0.15, -0.1) is 10.2 Å². The molecule has 148 valence electrons. The molecule has 1 heterocycles. The fraction of sp³-hybridized carbons (Fsp3) is 0.500. The molecule has 2 rings (SSSR count). The molecule has 2 aromatic rings. The van der Waals surface area contributed by atoms with E-state index in [-0.39, 0.29) is 10.5 Å². The molecule has 1 aromatic carbocycles. The quantitative estimate of drug-likeness (QED) is 0.680. The maximum absolute atomic E-state index is 12.6. The lowest BCUT2D eigenvalue weighted by Crippen LogP contribution is -2.30. The molecule has 1 aromatic heterocycles. The zero-order valence-electron chi connectivity index (χ0n) is 16.1. The number of nitrogens with one attached hydrogen (secondary N) is 1. The summed E-state index contributed by atoms with van der Waals surface area (Å²) in [6, 6.07) is 6.05. The molecule has 0 spiro atoms. The van der Waals surface area contributed by atoms with Crippen molar-refractivity contribution >= 4 is 32.4 Å². The van der Waals surface area contributed by atoms with Crippen LogP contribution in [-0.4, -0.2) is 41.9 Å². The van der Waals surface area contributed by atoms with Crippen LogP contribution in [0, 0.1) is 0 Å². The smallest absolute Gasteiger partial charge is 0.257 e. The Morgan fingerprint density at radius 1 is 1.15 bits per heavy atom. The SMILES string of the molecule is CCC(CC)c1nnc(NC(=O)c2cccc(S(=O)(=O)N(CC)CC)c2)s1. The number of hydrogen-bond acceptors (Lipinski definition) is 6. The number of rotatable bonds is 9. The standard InChI is InChI=1S/C18H26N4O3S2/c1-5-13(6-2)17-20-21-18(26-17)19-16(23)14-10-9-11-15(12-14)27(24,25)22(7-3)8-4/h9-13H,5-8H2,1-4H3,(H,19,21,23). The van der Waals surface area contributed by atoms with Crippen molar-refractivity contribution in [2.75, 3.05) is 18.4 Å². The van der Waals surface area contributed by atoms with Gasteiger partial charge in [-0.25, -0.2) is 8.42 Å². The third-order valence-corrected chi connectivity index (χ3v) is 7.48. The van der Waals surface area contributed by atoms with Gasteiger partial charge >= 0.3 is 0 Å². The van der Waals surface area contributed by atoms with Crippen LogP contribution in [0.25, 0.3) is 0 Å². The summed E-state index contributed by atoms with van der Waals surface area (Å²) in [5.74, 6) is -0.0745. The van der Waals surface area contributed by atoms with Gasteiger partial charge in [-0.1, -0.05) is 45.1 Å². The summed E-state index contributed by atoms with van der Waals surface area (Å²) in [5.41, 5.74) is 0.266. The number of carbonyl (C=O) groups is 1. The normalized spacial score (nSPS) is 11.9. The van der Waals surface area contributed by atoms with Crippen LogP contribution in [0.1, 0.15) is 61.8 Å². The molecule has 0 atom stereocenters. The van der Waals surface area contributed by atoms with Crippen LogP contribution in [-0.2, 0) is 10.0 Å². The highest BCUT2D eigenvalue weighted by Gasteiger charge is 2.23. The van der Waals surface area contributed by atoms with Crippen LogP contribution in [0.3, 0.4) is 0 Å². The lowest BCUT2D eigenvalue weighted by molar-refractivity contribution is 0.102. The molecule has 9 heteroatoms. The molecule has 1 amide bonds. The minimum absolute atomic E-state index is 0.105. The van der Waals surface area contributed by atoms with Gasteiger partial charge < -0.3 is 0 Å². The number of amides is 1. The van der Waals surface area contributed by atoms with Gasteiger partial charge in [0.2, 0.25) is 15.2 Å². The Morgan fingerprint density at radius 3 is 2.41 bits per heavy atom. The fourth-order valence-electron chi connectivity index (χ4n) is 2.77. The second-order valence-electron chi connectivity index (χ2n) is 6.03. The van der Waals surface area contributed by atoms with E-state index in [2.05, 4.69) is 29.4 Å². The summed E-state index contributed by atoms with van der Waals surface area (Å²) < 4.78 is 26.6. The van der Waals surface area contributed by atoms with E-state index in [0.717, 1.165) is 17.8 Å². The van der Waals surface area contributed by atoms with Crippen molar-refractivity contribution < 1.29 is 13.2 Å². The number of anilines is 1. The molecule has 1 N–H and O–H groups in total. The summed E-state index contributed by atoms with van der Waals surface area (Å²) in [4.78, 5) is 12.6. The second kappa shape index (κ2) is 9.38. The van der Waals surface area contributed by atoms with E-state index in [1.165, 1.54) is 27.8 Å². The summed E-state index contributed by atoms with van der Waals surface area (Å²) >= 11 is 1.35. The van der Waals surface area contributed by atoms with Crippen molar-refractivity contribution in [1.29, 1.82) is 0 Å². The largest absolute Gasteiger partial charge is 0.296 e. The van der Waals surface area contributed by atoms with Crippen LogP contribution in [0.15, 0.2) is 29.2 Å². The Bertz CT molecular complexity index is 872. The van der Waals surface area contributed by atoms with Gasteiger partial charge in [0.25, 0.3) is 5.91 Å². The van der Waals surface area contributed by atoms with Gasteiger partial charge in [-0.3, -0.25) is 10.1 Å². The predicted molar refractivity (Wildman–Crippen MR) is 108 cm³/mol. The lowest BCUT2D eigenvalue weighted by atomic mass is 10.1. The van der Waals surface area contributed by atoms with Crippen molar-refractivity contribution in [2.45, 2.75) is 51.3 Å². The first-order valence-electron chi connectivity index (χ1n) is 9.12. The van der Waals surface area contributed by atoms with Crippen LogP contribution in [0.4, 0.5) is 5.13 Å². The summed E-state index contributed by atoms with van der Waals surface area (Å²) in [6.45, 7) is 8.50. The van der Waals surface area contributed by atoms with E-state index >= 15 is 0 Å². The van der Waals surface area contributed by atoms with Crippen molar-refractivity contribution in [3.8, 4) is 0 Å². The second-order valence-corrected chi connectivity index (χ2v) is 8.98. The average Bonchev–Trinajstić information content (AvgIpc) is 3.12. The molecule has 0 aliphatic carbocycles. The van der Waals surface area contributed by atoms with E-state index in [1.54, 1.807) is 26.0 Å². The number of aromatic nitrogens is 2. The number of carbonyl (C=O) groups excluding carboxylic acids is 1. The highest BCUT2D eigenvalue weighted by Crippen LogP contribution is 2.28. The van der Waals surface area contributed by atoms with E-state index in [4.69, 9.17) is 0 Å². The summed E-state index contributed by atoms with van der Waals surface area (Å²) in [7, 11) is -3.62. The molecule has 0 aliphatic rings. The third kappa shape index (κ3) is 4.91. The Kier molecular flexibility index (Phi) is 7.46. The molecule has 27 heavy (non-hydrogen) atoms. The van der Waals surface area contributed by atoms with Crippen molar-refractivity contribution in [1.82, 2.24) is 14.5 Å². The minimum atomic E-state index is -3.62. The zero-order chi connectivity index (χ0) is 20.0. The summed E-state index contributed by atoms with van der Waals surface area (Å²) in [5, 5.41) is 12.2. The first-order chi connectivity index (χ1) is 12.9. The molecular weight excluding hydrogens is 384 g/mol. The van der Waals surface area contributed by atoms with Gasteiger partial charge in [-0.2, -0.15) is 4.31 Å². The fourth-order valence-corrected chi connectivity index (χ4v) is 5.28. The van der Waals surface area contributed by atoms with Crippen molar-refractivity contribution in [2.24, 2.45) is 0 Å². The molecular formula is C18H26N4O3S2. The van der Waals surface area contributed by atoms with E-state index in [0.29, 0.717) is 24.1 Å². The minimum Gasteiger partial charge on any atom is -0.296 e. The molecule has 0 radical (unpaired) electrons. The number of benzene rings is 1. The highest BCUT2D eigenvalue weighted by atomic mass is 32.2. The number of hydrogen-bond donors (Lipinski definition) is 1. The van der Waals surface area contributed by atoms with Crippen LogP contribution >= 0.6 is 11.3 Å². The predicted octanol–water partition coefficient (Wildman–Crippen LogP) is 3.72. The first-order valence-corrected chi connectivity index (χ1v) is 11.4. The Hall–Kier alpha value is -1.84. The third-order valence-electron chi connectivity index (χ3n) is 4.44. The summed E-state index contributed by atoms with van der Waals surface area (Å²) in [6.07, 6.45) is 1.93. The maximum Gasteiger partial charge on any atom is 0.257 e. The van der Waals surface area contributed by atoms with Gasteiger partial charge in [0.05, 0.1) is 4.90 Å². The number of nitrogens with zero attached hydrogens (tertiary/aromatic N) is 3. The molecule has 7 nitrogen and oxygen atoms in total. The molecule has 0 saturated carbocycles. The molecule has 0 fully saturated rings. The molecule has 0 bridgehead atoms. The van der Waals surface area contributed by atoms with Crippen LogP contribution in [0.5, 0.6) is 0 Å². The highest BCUT2D eigenvalue weighted by molar-refractivity contribution is 7.89. The van der Waals surface area contributed by atoms with Crippen LogP contribution in [0.2, 0.25) is 0 Å². The Balaban J connectivity index is 2.21.